The third-order valence-electron chi connectivity index (χ3n) is 1.41. The number of halogens is 1. The van der Waals surface area contributed by atoms with Gasteiger partial charge in [-0.25, -0.2) is 0 Å². The van der Waals surface area contributed by atoms with Crippen LogP contribution in [0.3, 0.4) is 0 Å². The molecule has 0 spiro atoms. The summed E-state index contributed by atoms with van der Waals surface area (Å²) in [5.41, 5.74) is 0. The minimum Gasteiger partial charge on any atom is -0.492 e. The number of carboxylic acids is 1. The molecule has 1 N–H and O–H groups in total. The van der Waals surface area contributed by atoms with Crippen molar-refractivity contribution in [3.63, 3.8) is 0 Å². The first-order valence-corrected chi connectivity index (χ1v) is 4.87. The van der Waals surface area contributed by atoms with Crippen molar-refractivity contribution in [1.29, 1.82) is 0 Å². The average molecular weight is 292 g/mol. The van der Waals surface area contributed by atoms with E-state index in [2.05, 4.69) is 22.6 Å². The summed E-state index contributed by atoms with van der Waals surface area (Å²) in [5, 5.41) is 8.38. The van der Waals surface area contributed by atoms with Crippen LogP contribution < -0.4 is 4.74 Å². The van der Waals surface area contributed by atoms with Crippen LogP contribution in [0.15, 0.2) is 24.3 Å². The van der Waals surface area contributed by atoms with E-state index < -0.39 is 5.97 Å². The zero-order valence-corrected chi connectivity index (χ0v) is 9.02. The van der Waals surface area contributed by atoms with E-state index in [1.54, 1.807) is 0 Å². The molecule has 1 rings (SSSR count). The van der Waals surface area contributed by atoms with Crippen LogP contribution in [0.25, 0.3) is 0 Å². The fourth-order valence-electron chi connectivity index (χ4n) is 0.810. The molecule has 0 aliphatic carbocycles. The SMILES string of the molecule is O=C(O)CCOc1ccccc1I. The van der Waals surface area contributed by atoms with Gasteiger partial charge in [-0.05, 0) is 34.7 Å². The molecule has 0 radical (unpaired) electrons. The fourth-order valence-corrected chi connectivity index (χ4v) is 1.35. The van der Waals surface area contributed by atoms with Gasteiger partial charge < -0.3 is 9.84 Å². The van der Waals surface area contributed by atoms with Crippen LogP contribution in [-0.2, 0) is 4.79 Å². The minimum atomic E-state index is -0.842. The van der Waals surface area contributed by atoms with Crippen molar-refractivity contribution in [2.75, 3.05) is 6.61 Å². The van der Waals surface area contributed by atoms with E-state index in [4.69, 9.17) is 9.84 Å². The van der Waals surface area contributed by atoms with Gasteiger partial charge in [0, 0.05) is 0 Å². The molecule has 0 saturated heterocycles. The van der Waals surface area contributed by atoms with Crippen LogP contribution in [0.5, 0.6) is 5.75 Å². The summed E-state index contributed by atoms with van der Waals surface area (Å²) in [6, 6.07) is 7.50. The molecule has 0 bridgehead atoms. The maximum atomic E-state index is 10.2. The number of carboxylic acid groups (broad SMARTS) is 1. The monoisotopic (exact) mass is 292 g/mol. The van der Waals surface area contributed by atoms with Gasteiger partial charge in [0.15, 0.2) is 0 Å². The van der Waals surface area contributed by atoms with Crippen LogP contribution in [0.1, 0.15) is 6.42 Å². The lowest BCUT2D eigenvalue weighted by atomic mass is 10.3. The highest BCUT2D eigenvalue weighted by molar-refractivity contribution is 14.1. The van der Waals surface area contributed by atoms with Crippen molar-refractivity contribution in [2.45, 2.75) is 6.42 Å². The maximum absolute atomic E-state index is 10.2. The lowest BCUT2D eigenvalue weighted by Crippen LogP contribution is -2.05. The zero-order valence-electron chi connectivity index (χ0n) is 6.87. The third-order valence-corrected chi connectivity index (χ3v) is 2.30. The third kappa shape index (κ3) is 3.63. The number of para-hydroxylation sites is 1. The molecule has 0 fully saturated rings. The van der Waals surface area contributed by atoms with Gasteiger partial charge in [0.05, 0.1) is 16.6 Å². The van der Waals surface area contributed by atoms with Crippen LogP contribution in [0, 0.1) is 3.57 Å². The molecule has 3 nitrogen and oxygen atoms in total. The highest BCUT2D eigenvalue weighted by atomic mass is 127. The van der Waals surface area contributed by atoms with Crippen molar-refractivity contribution in [3.05, 3.63) is 27.8 Å². The van der Waals surface area contributed by atoms with E-state index in [1.165, 1.54) is 0 Å². The molecule has 1 aromatic rings. The van der Waals surface area contributed by atoms with Gasteiger partial charge in [0.2, 0.25) is 0 Å². The molecule has 1 aromatic carbocycles. The Bertz CT molecular complexity index is 299. The molecule has 0 amide bonds. The number of aliphatic carboxylic acids is 1. The molecule has 4 heteroatoms. The largest absolute Gasteiger partial charge is 0.492 e. The fraction of sp³-hybridized carbons (Fsp3) is 0.222. The Morgan fingerprint density at radius 2 is 2.15 bits per heavy atom. The van der Waals surface area contributed by atoms with Gasteiger partial charge in [0.25, 0.3) is 0 Å². The molecule has 0 atom stereocenters. The quantitative estimate of drug-likeness (QED) is 0.865. The van der Waals surface area contributed by atoms with Crippen molar-refractivity contribution >= 4 is 28.6 Å². The number of hydrogen-bond donors (Lipinski definition) is 1. The van der Waals surface area contributed by atoms with Gasteiger partial charge in [0.1, 0.15) is 5.75 Å². The van der Waals surface area contributed by atoms with E-state index in [0.717, 1.165) is 9.32 Å². The molecule has 0 aromatic heterocycles. The normalized spacial score (nSPS) is 9.62. The van der Waals surface area contributed by atoms with Crippen molar-refractivity contribution in [3.8, 4) is 5.75 Å². The second-order valence-corrected chi connectivity index (χ2v) is 3.58. The number of benzene rings is 1. The Morgan fingerprint density at radius 3 is 2.77 bits per heavy atom. The second-order valence-electron chi connectivity index (χ2n) is 2.42. The molecule has 70 valence electrons. The van der Waals surface area contributed by atoms with E-state index in [0.29, 0.717) is 0 Å². The summed E-state index contributed by atoms with van der Waals surface area (Å²) in [6.07, 6.45) is 0.0327. The molecule has 0 aliphatic rings. The summed E-state index contributed by atoms with van der Waals surface area (Å²) >= 11 is 2.14. The average Bonchev–Trinajstić information content (AvgIpc) is 2.08. The summed E-state index contributed by atoms with van der Waals surface area (Å²) in [6.45, 7) is 0.218. The van der Waals surface area contributed by atoms with E-state index >= 15 is 0 Å². The van der Waals surface area contributed by atoms with Crippen molar-refractivity contribution in [2.24, 2.45) is 0 Å². The standard InChI is InChI=1S/C9H9IO3/c10-7-3-1-2-4-8(7)13-6-5-9(11)12/h1-4H,5-6H2,(H,11,12). The van der Waals surface area contributed by atoms with Gasteiger partial charge >= 0.3 is 5.97 Å². The molecule has 13 heavy (non-hydrogen) atoms. The first kappa shape index (κ1) is 10.3. The minimum absolute atomic E-state index is 0.0327. The number of rotatable bonds is 4. The van der Waals surface area contributed by atoms with E-state index in [1.807, 2.05) is 24.3 Å². The Balaban J connectivity index is 2.45. The van der Waals surface area contributed by atoms with Crippen LogP contribution >= 0.6 is 22.6 Å². The van der Waals surface area contributed by atoms with E-state index in [9.17, 15) is 4.79 Å². The summed E-state index contributed by atoms with van der Waals surface area (Å²) in [5.74, 6) is -0.102. The summed E-state index contributed by atoms with van der Waals surface area (Å²) in [7, 11) is 0. The molecular weight excluding hydrogens is 283 g/mol. The maximum Gasteiger partial charge on any atom is 0.306 e. The topological polar surface area (TPSA) is 46.5 Å². The molecule has 0 aliphatic heterocycles. The number of ether oxygens (including phenoxy) is 1. The van der Waals surface area contributed by atoms with Crippen molar-refractivity contribution in [1.82, 2.24) is 0 Å². The summed E-state index contributed by atoms with van der Waals surface area (Å²) < 4.78 is 6.25. The van der Waals surface area contributed by atoms with Gasteiger partial charge in [-0.2, -0.15) is 0 Å². The smallest absolute Gasteiger partial charge is 0.306 e. The number of hydrogen-bond acceptors (Lipinski definition) is 2. The summed E-state index contributed by atoms with van der Waals surface area (Å²) in [4.78, 5) is 10.2. The van der Waals surface area contributed by atoms with Crippen molar-refractivity contribution < 1.29 is 14.6 Å². The molecule has 0 unspecified atom stereocenters. The Hall–Kier alpha value is -0.780. The lowest BCUT2D eigenvalue weighted by Gasteiger charge is -2.05. The first-order chi connectivity index (χ1) is 6.20. The van der Waals surface area contributed by atoms with Gasteiger partial charge in [-0.15, -0.1) is 0 Å². The van der Waals surface area contributed by atoms with Gasteiger partial charge in [-0.3, -0.25) is 4.79 Å². The Kier molecular flexibility index (Phi) is 4.01. The van der Waals surface area contributed by atoms with Crippen LogP contribution in [0.4, 0.5) is 0 Å². The predicted octanol–water partition coefficient (Wildman–Crippen LogP) is 2.14. The molecular formula is C9H9IO3. The molecule has 0 saturated carbocycles. The Morgan fingerprint density at radius 1 is 1.46 bits per heavy atom. The highest BCUT2D eigenvalue weighted by Gasteiger charge is 2.00. The van der Waals surface area contributed by atoms with Gasteiger partial charge in [-0.1, -0.05) is 12.1 Å². The second kappa shape index (κ2) is 5.06. The first-order valence-electron chi connectivity index (χ1n) is 3.79. The lowest BCUT2D eigenvalue weighted by molar-refractivity contribution is -0.137. The number of carbonyl (C=O) groups is 1. The molecule has 0 heterocycles. The predicted molar refractivity (Wildman–Crippen MR) is 56.9 cm³/mol. The highest BCUT2D eigenvalue weighted by Crippen LogP contribution is 2.19. The van der Waals surface area contributed by atoms with E-state index in [-0.39, 0.29) is 13.0 Å². The van der Waals surface area contributed by atoms with Crippen LogP contribution in [-0.4, -0.2) is 17.7 Å². The zero-order chi connectivity index (χ0) is 9.68. The van der Waals surface area contributed by atoms with Crippen LogP contribution in [0.2, 0.25) is 0 Å². The Labute approximate surface area is 89.9 Å².